The summed E-state index contributed by atoms with van der Waals surface area (Å²) in [6, 6.07) is 7.54. The minimum Gasteiger partial charge on any atom is -0.497 e. The molecule has 5 nitrogen and oxygen atoms in total. The number of hydrogen-bond acceptors (Lipinski definition) is 4. The summed E-state index contributed by atoms with van der Waals surface area (Å²) >= 11 is 0. The lowest BCUT2D eigenvalue weighted by molar-refractivity contribution is -0.134. The summed E-state index contributed by atoms with van der Waals surface area (Å²) in [7, 11) is 5.24. The predicted molar refractivity (Wildman–Crippen MR) is 85.8 cm³/mol. The standard InChI is InChI=1S/C17H26N2O3/c1-18(2)17(21)13-7-9-19(10-8-13)12-16(20)14-5-4-6-15(11-14)22-3/h4-6,11,13,16,20H,7-10,12H2,1-3H3. The van der Waals surface area contributed by atoms with E-state index >= 15 is 0 Å². The van der Waals surface area contributed by atoms with E-state index in [1.54, 1.807) is 26.1 Å². The molecule has 22 heavy (non-hydrogen) atoms. The van der Waals surface area contributed by atoms with Crippen molar-refractivity contribution in [1.29, 1.82) is 0 Å². The second-order valence-corrected chi connectivity index (χ2v) is 6.10. The number of amides is 1. The van der Waals surface area contributed by atoms with Gasteiger partial charge in [-0.05, 0) is 43.6 Å². The van der Waals surface area contributed by atoms with E-state index in [0.717, 1.165) is 37.2 Å². The summed E-state index contributed by atoms with van der Waals surface area (Å²) in [4.78, 5) is 15.9. The van der Waals surface area contributed by atoms with Crippen molar-refractivity contribution in [3.8, 4) is 5.75 Å². The van der Waals surface area contributed by atoms with Crippen LogP contribution in [0.2, 0.25) is 0 Å². The Hall–Kier alpha value is -1.59. The number of carbonyl (C=O) groups excluding carboxylic acids is 1. The lowest BCUT2D eigenvalue weighted by atomic mass is 9.95. The Morgan fingerprint density at radius 1 is 1.41 bits per heavy atom. The van der Waals surface area contributed by atoms with Gasteiger partial charge >= 0.3 is 0 Å². The first-order valence-corrected chi connectivity index (χ1v) is 7.76. The van der Waals surface area contributed by atoms with Gasteiger partial charge in [0.15, 0.2) is 0 Å². The second kappa shape index (κ2) is 7.61. The Morgan fingerprint density at radius 2 is 2.09 bits per heavy atom. The van der Waals surface area contributed by atoms with Gasteiger partial charge in [0.2, 0.25) is 5.91 Å². The summed E-state index contributed by atoms with van der Waals surface area (Å²) in [5.74, 6) is 1.10. The van der Waals surface area contributed by atoms with Crippen molar-refractivity contribution >= 4 is 5.91 Å². The first-order chi connectivity index (χ1) is 10.5. The Balaban J connectivity index is 1.86. The second-order valence-electron chi connectivity index (χ2n) is 6.10. The van der Waals surface area contributed by atoms with E-state index in [-0.39, 0.29) is 11.8 Å². The van der Waals surface area contributed by atoms with E-state index in [4.69, 9.17) is 4.74 Å². The molecule has 0 bridgehead atoms. The maximum Gasteiger partial charge on any atom is 0.225 e. The number of likely N-dealkylation sites (tertiary alicyclic amines) is 1. The lowest BCUT2D eigenvalue weighted by Gasteiger charge is -2.33. The zero-order valence-corrected chi connectivity index (χ0v) is 13.7. The van der Waals surface area contributed by atoms with Crippen LogP contribution < -0.4 is 4.74 Å². The van der Waals surface area contributed by atoms with E-state index in [0.29, 0.717) is 6.54 Å². The third kappa shape index (κ3) is 4.21. The maximum absolute atomic E-state index is 12.0. The van der Waals surface area contributed by atoms with Crippen LogP contribution in [0.15, 0.2) is 24.3 Å². The monoisotopic (exact) mass is 306 g/mol. The number of carbonyl (C=O) groups is 1. The Kier molecular flexibility index (Phi) is 5.80. The van der Waals surface area contributed by atoms with Gasteiger partial charge in [-0.1, -0.05) is 12.1 Å². The zero-order chi connectivity index (χ0) is 16.1. The van der Waals surface area contributed by atoms with Crippen LogP contribution in [0.25, 0.3) is 0 Å². The number of benzene rings is 1. The summed E-state index contributed by atoms with van der Waals surface area (Å²) in [5, 5.41) is 10.4. The SMILES string of the molecule is COc1cccc(C(O)CN2CCC(C(=O)N(C)C)CC2)c1. The molecule has 0 radical (unpaired) electrons. The van der Waals surface area contributed by atoms with Crippen molar-refractivity contribution in [1.82, 2.24) is 9.80 Å². The maximum atomic E-state index is 12.0. The third-order valence-corrected chi connectivity index (χ3v) is 4.29. The quantitative estimate of drug-likeness (QED) is 0.896. The van der Waals surface area contributed by atoms with E-state index in [2.05, 4.69) is 4.90 Å². The molecule has 1 heterocycles. The van der Waals surface area contributed by atoms with Crippen molar-refractivity contribution in [2.45, 2.75) is 18.9 Å². The molecule has 1 fully saturated rings. The molecule has 2 rings (SSSR count). The molecule has 1 atom stereocenters. The van der Waals surface area contributed by atoms with Crippen molar-refractivity contribution < 1.29 is 14.6 Å². The molecule has 0 aliphatic carbocycles. The molecule has 1 aromatic carbocycles. The van der Waals surface area contributed by atoms with E-state index in [1.807, 2.05) is 24.3 Å². The number of methoxy groups -OCH3 is 1. The van der Waals surface area contributed by atoms with Gasteiger partial charge in [-0.15, -0.1) is 0 Å². The van der Waals surface area contributed by atoms with Gasteiger partial charge in [-0.2, -0.15) is 0 Å². The average molecular weight is 306 g/mol. The lowest BCUT2D eigenvalue weighted by Crippen LogP contribution is -2.41. The van der Waals surface area contributed by atoms with Gasteiger partial charge in [0.05, 0.1) is 13.2 Å². The average Bonchev–Trinajstić information content (AvgIpc) is 2.54. The Labute approximate surface area is 132 Å². The van der Waals surface area contributed by atoms with Gasteiger partial charge < -0.3 is 19.6 Å². The highest BCUT2D eigenvalue weighted by molar-refractivity contribution is 5.78. The number of hydrogen-bond donors (Lipinski definition) is 1. The highest BCUT2D eigenvalue weighted by atomic mass is 16.5. The van der Waals surface area contributed by atoms with Crippen LogP contribution >= 0.6 is 0 Å². The molecule has 0 saturated carbocycles. The highest BCUT2D eigenvalue weighted by Gasteiger charge is 2.27. The van der Waals surface area contributed by atoms with E-state index in [9.17, 15) is 9.90 Å². The fourth-order valence-electron chi connectivity index (χ4n) is 2.93. The largest absolute Gasteiger partial charge is 0.497 e. The number of aliphatic hydroxyl groups is 1. The predicted octanol–water partition coefficient (Wildman–Crippen LogP) is 1.53. The van der Waals surface area contributed by atoms with Crippen LogP contribution in [0, 0.1) is 5.92 Å². The van der Waals surface area contributed by atoms with Gasteiger partial charge in [-0.25, -0.2) is 0 Å². The van der Waals surface area contributed by atoms with Crippen LogP contribution in [0.1, 0.15) is 24.5 Å². The van der Waals surface area contributed by atoms with Crippen LogP contribution in [0.4, 0.5) is 0 Å². The first-order valence-electron chi connectivity index (χ1n) is 7.76. The van der Waals surface area contributed by atoms with Crippen LogP contribution in [0.5, 0.6) is 5.75 Å². The van der Waals surface area contributed by atoms with Crippen molar-refractivity contribution in [3.63, 3.8) is 0 Å². The number of rotatable bonds is 5. The molecule has 1 aliphatic heterocycles. The molecule has 0 spiro atoms. The summed E-state index contributed by atoms with van der Waals surface area (Å²) in [6.07, 6.45) is 1.19. The smallest absolute Gasteiger partial charge is 0.225 e. The fourth-order valence-corrected chi connectivity index (χ4v) is 2.93. The Morgan fingerprint density at radius 3 is 2.68 bits per heavy atom. The van der Waals surface area contributed by atoms with Crippen molar-refractivity contribution in [3.05, 3.63) is 29.8 Å². The van der Waals surface area contributed by atoms with E-state index in [1.165, 1.54) is 0 Å². The minimum absolute atomic E-state index is 0.125. The molecule has 1 amide bonds. The Bertz CT molecular complexity index is 496. The minimum atomic E-state index is -0.531. The topological polar surface area (TPSA) is 53.0 Å². The summed E-state index contributed by atoms with van der Waals surface area (Å²) < 4.78 is 5.19. The number of β-amino-alcohol motifs (C(OH)–C–C–N with tert-alkyl or cyclic N) is 1. The number of aliphatic hydroxyl groups excluding tert-OH is 1. The van der Waals surface area contributed by atoms with Gasteiger partial charge in [0.1, 0.15) is 5.75 Å². The molecule has 122 valence electrons. The number of piperidine rings is 1. The van der Waals surface area contributed by atoms with Crippen LogP contribution in [-0.2, 0) is 4.79 Å². The number of nitrogens with zero attached hydrogens (tertiary/aromatic N) is 2. The van der Waals surface area contributed by atoms with Crippen LogP contribution in [0.3, 0.4) is 0 Å². The van der Waals surface area contributed by atoms with Gasteiger partial charge in [0, 0.05) is 26.6 Å². The molecule has 1 aromatic rings. The first kappa shape index (κ1) is 16.8. The highest BCUT2D eigenvalue weighted by Crippen LogP contribution is 2.23. The molecule has 1 saturated heterocycles. The molecule has 1 N–H and O–H groups in total. The van der Waals surface area contributed by atoms with Crippen LogP contribution in [-0.4, -0.2) is 61.7 Å². The van der Waals surface area contributed by atoms with Gasteiger partial charge in [0.25, 0.3) is 0 Å². The number of ether oxygens (including phenoxy) is 1. The van der Waals surface area contributed by atoms with Gasteiger partial charge in [-0.3, -0.25) is 4.79 Å². The van der Waals surface area contributed by atoms with Crippen molar-refractivity contribution in [2.75, 3.05) is 40.8 Å². The fraction of sp³-hybridized carbons (Fsp3) is 0.588. The summed E-state index contributed by atoms with van der Waals surface area (Å²) in [5.41, 5.74) is 0.867. The zero-order valence-electron chi connectivity index (χ0n) is 13.7. The normalized spacial score (nSPS) is 18.0. The molecule has 1 aliphatic rings. The molecule has 1 unspecified atom stereocenters. The summed E-state index contributed by atoms with van der Waals surface area (Å²) in [6.45, 7) is 2.30. The van der Waals surface area contributed by atoms with E-state index < -0.39 is 6.10 Å². The molecule has 0 aromatic heterocycles. The van der Waals surface area contributed by atoms with Crippen molar-refractivity contribution in [2.24, 2.45) is 5.92 Å². The molecular formula is C17H26N2O3. The molecular weight excluding hydrogens is 280 g/mol. The molecule has 5 heteroatoms. The third-order valence-electron chi connectivity index (χ3n) is 4.29.